The fourth-order valence-electron chi connectivity index (χ4n) is 3.28. The summed E-state index contributed by atoms with van der Waals surface area (Å²) >= 11 is 3.73. The molecule has 86 valence electrons. The Morgan fingerprint density at radius 1 is 1.27 bits per heavy atom. The van der Waals surface area contributed by atoms with E-state index in [1.54, 1.807) is 0 Å². The largest absolute Gasteiger partial charge is 0.376 e. The van der Waals surface area contributed by atoms with Gasteiger partial charge in [-0.3, -0.25) is 4.90 Å². The monoisotopic (exact) mass is 274 g/mol. The number of nitrogens with one attached hydrogen (secondary N) is 1. The van der Waals surface area contributed by atoms with Gasteiger partial charge in [-0.15, -0.1) is 0 Å². The van der Waals surface area contributed by atoms with Gasteiger partial charge in [0.05, 0.1) is 18.9 Å². The number of fused-ring (bicyclic) bond motifs is 3. The maximum absolute atomic E-state index is 6.00. The van der Waals surface area contributed by atoms with Crippen LogP contribution in [-0.4, -0.2) is 48.2 Å². The van der Waals surface area contributed by atoms with E-state index in [2.05, 4.69) is 26.1 Å². The summed E-state index contributed by atoms with van der Waals surface area (Å²) in [6, 6.07) is 0. The number of ether oxygens (including phenoxy) is 1. The molecule has 4 unspecified atom stereocenters. The van der Waals surface area contributed by atoms with E-state index in [4.69, 9.17) is 4.74 Å². The van der Waals surface area contributed by atoms with Gasteiger partial charge in [-0.25, -0.2) is 0 Å². The predicted molar refractivity (Wildman–Crippen MR) is 63.2 cm³/mol. The van der Waals surface area contributed by atoms with Crippen LogP contribution in [0, 0.1) is 5.92 Å². The van der Waals surface area contributed by atoms with Crippen molar-refractivity contribution in [1.29, 1.82) is 0 Å². The second kappa shape index (κ2) is 4.32. The van der Waals surface area contributed by atoms with Crippen LogP contribution in [0.3, 0.4) is 0 Å². The van der Waals surface area contributed by atoms with Gasteiger partial charge in [0.25, 0.3) is 0 Å². The van der Waals surface area contributed by atoms with Crippen molar-refractivity contribution < 1.29 is 4.74 Å². The first-order valence-corrected chi connectivity index (χ1v) is 6.99. The second-order valence-corrected chi connectivity index (χ2v) is 6.21. The van der Waals surface area contributed by atoms with Crippen molar-refractivity contribution in [1.82, 2.24) is 10.2 Å². The van der Waals surface area contributed by atoms with Crippen molar-refractivity contribution in [3.63, 3.8) is 0 Å². The van der Waals surface area contributed by atoms with Gasteiger partial charge >= 0.3 is 0 Å². The number of rotatable bonds is 0. The number of nitrogens with zero attached hydrogens (tertiary/aromatic N) is 1. The molecular weight excluding hydrogens is 256 g/mol. The zero-order valence-electron chi connectivity index (χ0n) is 8.99. The molecule has 15 heavy (non-hydrogen) atoms. The van der Waals surface area contributed by atoms with Crippen LogP contribution in [0.25, 0.3) is 0 Å². The van der Waals surface area contributed by atoms with Crippen LogP contribution in [0.2, 0.25) is 0 Å². The van der Waals surface area contributed by atoms with E-state index in [-0.39, 0.29) is 0 Å². The first kappa shape index (κ1) is 10.5. The standard InChI is InChI=1S/C11H19BrN2O/c12-8-1-2-9-10(7-8)15-6-5-14-4-3-13-11(9)14/h8-11,13H,1-7H2. The molecule has 0 bridgehead atoms. The maximum atomic E-state index is 6.00. The summed E-state index contributed by atoms with van der Waals surface area (Å²) in [6.45, 7) is 4.39. The van der Waals surface area contributed by atoms with Crippen LogP contribution in [0.4, 0.5) is 0 Å². The molecule has 1 N–H and O–H groups in total. The van der Waals surface area contributed by atoms with Gasteiger partial charge in [0, 0.05) is 30.4 Å². The molecule has 0 aromatic carbocycles. The first-order valence-electron chi connectivity index (χ1n) is 6.08. The molecule has 2 saturated heterocycles. The highest BCUT2D eigenvalue weighted by Crippen LogP contribution is 2.36. The van der Waals surface area contributed by atoms with Crippen LogP contribution in [-0.2, 0) is 4.74 Å². The third-order valence-corrected chi connectivity index (χ3v) is 4.87. The van der Waals surface area contributed by atoms with E-state index in [9.17, 15) is 0 Å². The Hall–Kier alpha value is 0.360. The Morgan fingerprint density at radius 3 is 3.13 bits per heavy atom. The van der Waals surface area contributed by atoms with Crippen molar-refractivity contribution >= 4 is 15.9 Å². The first-order chi connectivity index (χ1) is 7.34. The Morgan fingerprint density at radius 2 is 2.20 bits per heavy atom. The zero-order chi connectivity index (χ0) is 10.3. The molecule has 2 heterocycles. The molecule has 3 aliphatic rings. The molecule has 0 spiro atoms. The fourth-order valence-corrected chi connectivity index (χ4v) is 3.91. The lowest BCUT2D eigenvalue weighted by molar-refractivity contribution is -0.00100. The quantitative estimate of drug-likeness (QED) is 0.672. The van der Waals surface area contributed by atoms with Crippen molar-refractivity contribution in [2.45, 2.75) is 36.4 Å². The van der Waals surface area contributed by atoms with Gasteiger partial charge in [-0.2, -0.15) is 0 Å². The molecule has 2 aliphatic heterocycles. The van der Waals surface area contributed by atoms with Gasteiger partial charge < -0.3 is 10.1 Å². The average Bonchev–Trinajstić information content (AvgIpc) is 2.61. The minimum absolute atomic E-state index is 0.476. The van der Waals surface area contributed by atoms with E-state index in [0.29, 0.717) is 23.0 Å². The summed E-state index contributed by atoms with van der Waals surface area (Å²) in [4.78, 5) is 3.24. The smallest absolute Gasteiger partial charge is 0.0652 e. The SMILES string of the molecule is BrC1CCC2C(C1)OCCN1CCNC21. The second-order valence-electron chi connectivity index (χ2n) is 4.92. The highest BCUT2D eigenvalue weighted by Gasteiger charge is 2.41. The highest BCUT2D eigenvalue weighted by atomic mass is 79.9. The van der Waals surface area contributed by atoms with Crippen molar-refractivity contribution in [3.8, 4) is 0 Å². The summed E-state index contributed by atoms with van der Waals surface area (Å²) in [7, 11) is 0. The fraction of sp³-hybridized carbons (Fsp3) is 1.00. The maximum Gasteiger partial charge on any atom is 0.0652 e. The predicted octanol–water partition coefficient (Wildman–Crippen LogP) is 1.18. The Labute approximate surface area is 99.7 Å². The van der Waals surface area contributed by atoms with Gasteiger partial charge in [-0.1, -0.05) is 15.9 Å². The number of hydrogen-bond donors (Lipinski definition) is 1. The molecule has 0 aromatic heterocycles. The molecule has 3 rings (SSSR count). The number of halogens is 1. The summed E-state index contributed by atoms with van der Waals surface area (Å²) in [5, 5.41) is 3.64. The minimum atomic E-state index is 0.476. The minimum Gasteiger partial charge on any atom is -0.376 e. The molecule has 0 radical (unpaired) electrons. The number of hydrogen-bond acceptors (Lipinski definition) is 3. The van der Waals surface area contributed by atoms with Crippen molar-refractivity contribution in [3.05, 3.63) is 0 Å². The lowest BCUT2D eigenvalue weighted by Crippen LogP contribution is -2.47. The van der Waals surface area contributed by atoms with Crippen LogP contribution in [0.1, 0.15) is 19.3 Å². The molecule has 3 nitrogen and oxygen atoms in total. The lowest BCUT2D eigenvalue weighted by atomic mass is 9.84. The van der Waals surface area contributed by atoms with E-state index < -0.39 is 0 Å². The van der Waals surface area contributed by atoms with Crippen molar-refractivity contribution in [2.24, 2.45) is 5.92 Å². The number of alkyl halides is 1. The van der Waals surface area contributed by atoms with E-state index in [1.807, 2.05) is 0 Å². The molecule has 3 fully saturated rings. The summed E-state index contributed by atoms with van der Waals surface area (Å²) in [5.41, 5.74) is 0. The molecule has 0 amide bonds. The van der Waals surface area contributed by atoms with Crippen LogP contribution in [0.15, 0.2) is 0 Å². The van der Waals surface area contributed by atoms with E-state index in [1.165, 1.54) is 25.8 Å². The van der Waals surface area contributed by atoms with Gasteiger partial charge in [0.2, 0.25) is 0 Å². The van der Waals surface area contributed by atoms with Gasteiger partial charge in [-0.05, 0) is 19.3 Å². The average molecular weight is 275 g/mol. The third kappa shape index (κ3) is 1.97. The summed E-state index contributed by atoms with van der Waals surface area (Å²) in [5.74, 6) is 0.712. The Kier molecular flexibility index (Phi) is 3.03. The molecule has 4 heteroatoms. The van der Waals surface area contributed by atoms with E-state index >= 15 is 0 Å². The Bertz CT molecular complexity index is 239. The van der Waals surface area contributed by atoms with Crippen LogP contribution in [0.5, 0.6) is 0 Å². The summed E-state index contributed by atoms with van der Waals surface area (Å²) < 4.78 is 6.00. The van der Waals surface area contributed by atoms with Gasteiger partial charge in [0.1, 0.15) is 0 Å². The highest BCUT2D eigenvalue weighted by molar-refractivity contribution is 9.09. The Balaban J connectivity index is 1.77. The molecule has 1 aliphatic carbocycles. The van der Waals surface area contributed by atoms with Crippen LogP contribution < -0.4 is 5.32 Å². The summed E-state index contributed by atoms with van der Waals surface area (Å²) in [6.07, 6.45) is 4.86. The topological polar surface area (TPSA) is 24.5 Å². The molecule has 1 saturated carbocycles. The van der Waals surface area contributed by atoms with E-state index in [0.717, 1.165) is 19.7 Å². The van der Waals surface area contributed by atoms with Crippen LogP contribution >= 0.6 is 15.9 Å². The zero-order valence-corrected chi connectivity index (χ0v) is 10.6. The lowest BCUT2D eigenvalue weighted by Gasteiger charge is -2.37. The molecule has 4 atom stereocenters. The van der Waals surface area contributed by atoms with Gasteiger partial charge in [0.15, 0.2) is 0 Å². The van der Waals surface area contributed by atoms with Crippen molar-refractivity contribution in [2.75, 3.05) is 26.2 Å². The molecular formula is C11H19BrN2O. The molecule has 0 aromatic rings. The third-order valence-electron chi connectivity index (χ3n) is 4.04. The normalized spacial score (nSPS) is 47.0.